The van der Waals surface area contributed by atoms with Gasteiger partial charge in [0.15, 0.2) is 0 Å². The quantitative estimate of drug-likeness (QED) is 0.754. The highest BCUT2D eigenvalue weighted by Gasteiger charge is 2.29. The average molecular weight is 282 g/mol. The Morgan fingerprint density at radius 3 is 2.65 bits per heavy atom. The van der Waals surface area contributed by atoms with Crippen molar-refractivity contribution in [2.24, 2.45) is 5.73 Å². The van der Waals surface area contributed by atoms with Crippen LogP contribution in [-0.2, 0) is 9.59 Å². The molecule has 7 heteroatoms. The first kappa shape index (κ1) is 16.5. The van der Waals surface area contributed by atoms with E-state index in [0.29, 0.717) is 0 Å². The summed E-state index contributed by atoms with van der Waals surface area (Å²) in [6.45, 7) is 5.71. The van der Waals surface area contributed by atoms with Gasteiger partial charge in [-0.25, -0.2) is 0 Å². The van der Waals surface area contributed by atoms with Gasteiger partial charge >= 0.3 is 0 Å². The van der Waals surface area contributed by atoms with Crippen LogP contribution in [-0.4, -0.2) is 53.4 Å². The molecule has 0 saturated carbocycles. The second-order valence-electron chi connectivity index (χ2n) is 4.40. The third-order valence-electron chi connectivity index (χ3n) is 2.40. The highest BCUT2D eigenvalue weighted by Crippen LogP contribution is 2.29. The van der Waals surface area contributed by atoms with Gasteiger partial charge in [-0.1, -0.05) is 0 Å². The number of nitrogens with zero attached hydrogens (tertiary/aromatic N) is 1. The number of nitrogens with one attached hydrogen (secondary N) is 1. The van der Waals surface area contributed by atoms with Crippen molar-refractivity contribution in [3.8, 4) is 0 Å². The zero-order valence-electron chi connectivity index (χ0n) is 10.2. The van der Waals surface area contributed by atoms with E-state index in [0.717, 1.165) is 18.8 Å². The highest BCUT2D eigenvalue weighted by atomic mass is 35.5. The van der Waals surface area contributed by atoms with Gasteiger partial charge in [0.25, 0.3) is 0 Å². The first-order chi connectivity index (χ1) is 7.44. The Morgan fingerprint density at radius 2 is 2.12 bits per heavy atom. The molecule has 3 N–H and O–H groups in total. The maximum absolute atomic E-state index is 11.8. The minimum atomic E-state index is -0.293. The van der Waals surface area contributed by atoms with E-state index in [9.17, 15) is 9.59 Å². The number of hydrogen-bond donors (Lipinski definition) is 2. The van der Waals surface area contributed by atoms with Gasteiger partial charge in [0.2, 0.25) is 11.8 Å². The summed E-state index contributed by atoms with van der Waals surface area (Å²) in [7, 11) is 0. The lowest BCUT2D eigenvalue weighted by Gasteiger charge is -2.37. The van der Waals surface area contributed by atoms with Crippen LogP contribution in [0.5, 0.6) is 0 Å². The van der Waals surface area contributed by atoms with E-state index in [1.165, 1.54) is 0 Å². The van der Waals surface area contributed by atoms with Gasteiger partial charge in [-0.2, -0.15) is 11.8 Å². The molecule has 0 bridgehead atoms. The van der Waals surface area contributed by atoms with Crippen molar-refractivity contribution in [2.75, 3.05) is 31.9 Å². The fraction of sp³-hybridized carbons (Fsp3) is 0.800. The van der Waals surface area contributed by atoms with Crippen LogP contribution >= 0.6 is 24.2 Å². The van der Waals surface area contributed by atoms with Gasteiger partial charge in [0.05, 0.1) is 13.1 Å². The van der Waals surface area contributed by atoms with E-state index < -0.39 is 0 Å². The summed E-state index contributed by atoms with van der Waals surface area (Å²) in [5.41, 5.74) is 5.14. The lowest BCUT2D eigenvalue weighted by molar-refractivity contribution is -0.132. The van der Waals surface area contributed by atoms with Crippen LogP contribution in [0.2, 0.25) is 0 Å². The summed E-state index contributed by atoms with van der Waals surface area (Å²) in [4.78, 5) is 24.5. The minimum Gasteiger partial charge on any atom is -0.346 e. The molecular formula is C10H20ClN3O2S. The van der Waals surface area contributed by atoms with E-state index in [1.54, 1.807) is 4.90 Å². The van der Waals surface area contributed by atoms with E-state index in [1.807, 2.05) is 11.8 Å². The number of hydrogen-bond acceptors (Lipinski definition) is 4. The van der Waals surface area contributed by atoms with Crippen molar-refractivity contribution >= 4 is 36.0 Å². The second kappa shape index (κ2) is 7.08. The van der Waals surface area contributed by atoms with Gasteiger partial charge in [-0.15, -0.1) is 12.4 Å². The van der Waals surface area contributed by atoms with E-state index >= 15 is 0 Å². The van der Waals surface area contributed by atoms with Crippen LogP contribution in [0.25, 0.3) is 0 Å². The Labute approximate surface area is 112 Å². The molecular weight excluding hydrogens is 262 g/mol. The number of carbonyl (C=O) groups is 2. The highest BCUT2D eigenvalue weighted by molar-refractivity contribution is 8.00. The fourth-order valence-electron chi connectivity index (χ4n) is 1.59. The SMILES string of the molecule is CC1(C)CN(C(=O)CNC(=O)CN)CCS1.Cl. The number of carbonyl (C=O) groups excluding carboxylic acids is 2. The summed E-state index contributed by atoms with van der Waals surface area (Å²) in [5.74, 6) is 0.623. The Bertz CT molecular complexity index is 287. The molecule has 0 aliphatic carbocycles. The number of halogens is 1. The zero-order valence-corrected chi connectivity index (χ0v) is 11.8. The first-order valence-corrected chi connectivity index (χ1v) is 6.32. The lowest BCUT2D eigenvalue weighted by Crippen LogP contribution is -2.49. The summed E-state index contributed by atoms with van der Waals surface area (Å²) in [5, 5.41) is 2.49. The van der Waals surface area contributed by atoms with E-state index in [2.05, 4.69) is 19.2 Å². The smallest absolute Gasteiger partial charge is 0.242 e. The van der Waals surface area contributed by atoms with Crippen LogP contribution in [0.1, 0.15) is 13.8 Å². The molecule has 1 aliphatic rings. The minimum absolute atomic E-state index is 0. The molecule has 1 rings (SSSR count). The lowest BCUT2D eigenvalue weighted by atomic mass is 10.2. The van der Waals surface area contributed by atoms with Crippen molar-refractivity contribution < 1.29 is 9.59 Å². The molecule has 17 heavy (non-hydrogen) atoms. The van der Waals surface area contributed by atoms with Crippen molar-refractivity contribution in [3.05, 3.63) is 0 Å². The standard InChI is InChI=1S/C10H19N3O2S.ClH/c1-10(2)7-13(3-4-16-10)9(15)6-12-8(14)5-11;/h3-7,11H2,1-2H3,(H,12,14);1H. The van der Waals surface area contributed by atoms with Crippen molar-refractivity contribution in [1.82, 2.24) is 10.2 Å². The molecule has 0 atom stereocenters. The normalized spacial score (nSPS) is 18.2. The van der Waals surface area contributed by atoms with Gasteiger partial charge in [-0.05, 0) is 13.8 Å². The maximum Gasteiger partial charge on any atom is 0.242 e. The third kappa shape index (κ3) is 5.61. The van der Waals surface area contributed by atoms with Crippen LogP contribution in [0.15, 0.2) is 0 Å². The van der Waals surface area contributed by atoms with Crippen molar-refractivity contribution in [2.45, 2.75) is 18.6 Å². The van der Waals surface area contributed by atoms with Crippen LogP contribution in [0, 0.1) is 0 Å². The largest absolute Gasteiger partial charge is 0.346 e. The van der Waals surface area contributed by atoms with E-state index in [4.69, 9.17) is 5.73 Å². The molecule has 1 saturated heterocycles. The Morgan fingerprint density at radius 1 is 1.47 bits per heavy atom. The van der Waals surface area contributed by atoms with Gasteiger partial charge in [0, 0.05) is 23.6 Å². The monoisotopic (exact) mass is 281 g/mol. The second-order valence-corrected chi connectivity index (χ2v) is 6.21. The summed E-state index contributed by atoms with van der Waals surface area (Å²) < 4.78 is 0.103. The van der Waals surface area contributed by atoms with Gasteiger partial charge < -0.3 is 16.0 Å². The summed E-state index contributed by atoms with van der Waals surface area (Å²) in [6, 6.07) is 0. The summed E-state index contributed by atoms with van der Waals surface area (Å²) >= 11 is 1.87. The zero-order chi connectivity index (χ0) is 12.2. The maximum atomic E-state index is 11.8. The van der Waals surface area contributed by atoms with Gasteiger partial charge in [0.1, 0.15) is 0 Å². The predicted molar refractivity (Wildman–Crippen MR) is 72.4 cm³/mol. The van der Waals surface area contributed by atoms with E-state index in [-0.39, 0.29) is 42.1 Å². The molecule has 0 spiro atoms. The third-order valence-corrected chi connectivity index (χ3v) is 3.70. The van der Waals surface area contributed by atoms with Crippen LogP contribution in [0.3, 0.4) is 0 Å². The Hall–Kier alpha value is -0.460. The van der Waals surface area contributed by atoms with Crippen molar-refractivity contribution in [1.29, 1.82) is 0 Å². The topological polar surface area (TPSA) is 75.4 Å². The Kier molecular flexibility index (Phi) is 6.89. The molecule has 1 aliphatic heterocycles. The van der Waals surface area contributed by atoms with Crippen molar-refractivity contribution in [3.63, 3.8) is 0 Å². The molecule has 0 aromatic rings. The number of rotatable bonds is 3. The molecule has 0 radical (unpaired) electrons. The molecule has 0 aromatic heterocycles. The molecule has 1 fully saturated rings. The van der Waals surface area contributed by atoms with Gasteiger partial charge in [-0.3, -0.25) is 9.59 Å². The van der Waals surface area contributed by atoms with Crippen LogP contribution < -0.4 is 11.1 Å². The summed E-state index contributed by atoms with van der Waals surface area (Å²) in [6.07, 6.45) is 0. The average Bonchev–Trinajstić information content (AvgIpc) is 2.23. The predicted octanol–water partition coefficient (Wildman–Crippen LogP) is -0.163. The number of thioether (sulfide) groups is 1. The fourth-order valence-corrected chi connectivity index (χ4v) is 2.70. The van der Waals surface area contributed by atoms with Crippen LogP contribution in [0.4, 0.5) is 0 Å². The molecule has 0 unspecified atom stereocenters. The molecule has 2 amide bonds. The number of nitrogens with two attached hydrogens (primary N) is 1. The Balaban J connectivity index is 0.00000256. The molecule has 5 nitrogen and oxygen atoms in total. The number of amides is 2. The molecule has 1 heterocycles. The first-order valence-electron chi connectivity index (χ1n) is 5.33. The molecule has 100 valence electrons. The molecule has 0 aromatic carbocycles.